The number of rotatable bonds is 7. The Labute approximate surface area is 187 Å². The second-order valence-corrected chi connectivity index (χ2v) is 8.74. The zero-order valence-corrected chi connectivity index (χ0v) is 18.5. The van der Waals surface area contributed by atoms with E-state index in [0.717, 1.165) is 41.3 Å². The van der Waals surface area contributed by atoms with E-state index in [1.165, 1.54) is 59.2 Å². The normalized spacial score (nSPS) is 14.2. The molecule has 0 spiro atoms. The predicted molar refractivity (Wildman–Crippen MR) is 125 cm³/mol. The smallest absolute Gasteiger partial charge is 0.231 e. The highest BCUT2D eigenvalue weighted by atomic mass is 16.7. The molecule has 164 valence electrons. The van der Waals surface area contributed by atoms with Crippen LogP contribution in [0.4, 0.5) is 0 Å². The molecule has 0 saturated carbocycles. The fourth-order valence-corrected chi connectivity index (χ4v) is 5.04. The van der Waals surface area contributed by atoms with E-state index >= 15 is 0 Å². The number of pyridine rings is 1. The Hall–Kier alpha value is -3.21. The van der Waals surface area contributed by atoms with Crippen molar-refractivity contribution in [1.29, 1.82) is 0 Å². The maximum absolute atomic E-state index is 5.86. The quantitative estimate of drug-likeness (QED) is 0.197. The van der Waals surface area contributed by atoms with E-state index in [1.54, 1.807) is 0 Å². The SMILES string of the molecule is CCCCCCCC[n+]1cc2c3c(ccc2c2ccc4cc5c(cc4c21)OCO5)OCO3. The maximum Gasteiger partial charge on any atom is 0.231 e. The molecule has 1 aromatic heterocycles. The highest BCUT2D eigenvalue weighted by Gasteiger charge is 2.25. The van der Waals surface area contributed by atoms with Gasteiger partial charge in [-0.15, -0.1) is 0 Å². The van der Waals surface area contributed by atoms with E-state index < -0.39 is 0 Å². The summed E-state index contributed by atoms with van der Waals surface area (Å²) in [5.74, 6) is 3.32. The van der Waals surface area contributed by atoms with Gasteiger partial charge in [0, 0.05) is 11.8 Å². The fourth-order valence-electron chi connectivity index (χ4n) is 5.04. The molecule has 0 unspecified atom stereocenters. The number of nitrogens with zero attached hydrogens (tertiary/aromatic N) is 1. The van der Waals surface area contributed by atoms with Crippen LogP contribution >= 0.6 is 0 Å². The van der Waals surface area contributed by atoms with Gasteiger partial charge in [-0.2, -0.15) is 4.57 Å². The van der Waals surface area contributed by atoms with Crippen LogP contribution in [0.1, 0.15) is 45.4 Å². The van der Waals surface area contributed by atoms with Gasteiger partial charge in [0.15, 0.2) is 29.2 Å². The Balaban J connectivity index is 1.52. The summed E-state index contributed by atoms with van der Waals surface area (Å²) in [4.78, 5) is 0. The summed E-state index contributed by atoms with van der Waals surface area (Å²) < 4.78 is 25.3. The molecule has 3 heterocycles. The van der Waals surface area contributed by atoms with Gasteiger partial charge in [-0.1, -0.05) is 38.7 Å². The Morgan fingerprint density at radius 1 is 0.688 bits per heavy atom. The van der Waals surface area contributed by atoms with E-state index in [9.17, 15) is 0 Å². The largest absolute Gasteiger partial charge is 0.454 e. The second kappa shape index (κ2) is 8.05. The van der Waals surface area contributed by atoms with Crippen molar-refractivity contribution < 1.29 is 23.5 Å². The average Bonchev–Trinajstić information content (AvgIpc) is 3.48. The zero-order chi connectivity index (χ0) is 21.5. The molecular formula is C27H28NO4+. The summed E-state index contributed by atoms with van der Waals surface area (Å²) >= 11 is 0. The predicted octanol–water partition coefficient (Wildman–Crippen LogP) is 6.25. The highest BCUT2D eigenvalue weighted by Crippen LogP contribution is 2.43. The third-order valence-electron chi connectivity index (χ3n) is 6.68. The van der Waals surface area contributed by atoms with E-state index in [0.29, 0.717) is 0 Å². The second-order valence-electron chi connectivity index (χ2n) is 8.74. The minimum absolute atomic E-state index is 0.283. The molecule has 6 rings (SSSR count). The van der Waals surface area contributed by atoms with Crippen LogP contribution < -0.4 is 23.5 Å². The summed E-state index contributed by atoms with van der Waals surface area (Å²) in [5.41, 5.74) is 1.24. The first kappa shape index (κ1) is 19.5. The Morgan fingerprint density at radius 3 is 2.34 bits per heavy atom. The molecule has 0 atom stereocenters. The minimum Gasteiger partial charge on any atom is -0.454 e. The average molecular weight is 431 g/mol. The van der Waals surface area contributed by atoms with Crippen LogP contribution in [0.3, 0.4) is 0 Å². The topological polar surface area (TPSA) is 40.8 Å². The third-order valence-corrected chi connectivity index (χ3v) is 6.68. The molecule has 2 aliphatic rings. The lowest BCUT2D eigenvalue weighted by Gasteiger charge is -2.10. The molecule has 0 fully saturated rings. The van der Waals surface area contributed by atoms with Crippen molar-refractivity contribution in [2.75, 3.05) is 13.6 Å². The molecule has 0 amide bonds. The summed E-state index contributed by atoms with van der Waals surface area (Å²) in [7, 11) is 0. The fraction of sp³-hybridized carbons (Fsp3) is 0.370. The molecule has 3 aromatic carbocycles. The monoisotopic (exact) mass is 430 g/mol. The number of fused-ring (bicyclic) bond motifs is 8. The first-order valence-electron chi connectivity index (χ1n) is 11.7. The van der Waals surface area contributed by atoms with E-state index in [4.69, 9.17) is 18.9 Å². The van der Waals surface area contributed by atoms with Crippen LogP contribution in [-0.4, -0.2) is 13.6 Å². The van der Waals surface area contributed by atoms with Crippen molar-refractivity contribution in [2.24, 2.45) is 0 Å². The van der Waals surface area contributed by atoms with Crippen LogP contribution in [0.15, 0.2) is 42.6 Å². The Kier molecular flexibility index (Phi) is 4.90. The number of hydrogen-bond acceptors (Lipinski definition) is 4. The molecule has 0 radical (unpaired) electrons. The summed E-state index contributed by atoms with van der Waals surface area (Å²) in [5, 5.41) is 5.87. The summed E-state index contributed by atoms with van der Waals surface area (Å²) in [6, 6.07) is 12.8. The molecule has 0 saturated heterocycles. The van der Waals surface area contributed by atoms with E-state index in [1.807, 2.05) is 6.07 Å². The van der Waals surface area contributed by atoms with Crippen molar-refractivity contribution >= 4 is 32.4 Å². The number of hydrogen-bond donors (Lipinski definition) is 0. The van der Waals surface area contributed by atoms with Crippen LogP contribution in [0.5, 0.6) is 23.0 Å². The molecule has 5 nitrogen and oxygen atoms in total. The van der Waals surface area contributed by atoms with Crippen LogP contribution in [-0.2, 0) is 6.54 Å². The molecule has 0 aliphatic carbocycles. The summed E-state index contributed by atoms with van der Waals surface area (Å²) in [6.45, 7) is 3.80. The lowest BCUT2D eigenvalue weighted by Crippen LogP contribution is -2.34. The number of ether oxygens (including phenoxy) is 4. The molecule has 4 aromatic rings. The third kappa shape index (κ3) is 3.19. The first-order valence-corrected chi connectivity index (χ1v) is 11.7. The van der Waals surface area contributed by atoms with Crippen LogP contribution in [0, 0.1) is 0 Å². The molecule has 5 heteroatoms. The van der Waals surface area contributed by atoms with Gasteiger partial charge < -0.3 is 18.9 Å². The Bertz CT molecular complexity index is 1330. The molecule has 32 heavy (non-hydrogen) atoms. The lowest BCUT2D eigenvalue weighted by molar-refractivity contribution is -0.669. The van der Waals surface area contributed by atoms with Crippen molar-refractivity contribution in [1.82, 2.24) is 0 Å². The summed E-state index contributed by atoms with van der Waals surface area (Å²) in [6.07, 6.45) is 9.88. The molecule has 0 N–H and O–H groups in total. The number of unbranched alkanes of at least 4 members (excludes halogenated alkanes) is 5. The minimum atomic E-state index is 0.283. The van der Waals surface area contributed by atoms with Gasteiger partial charge >= 0.3 is 0 Å². The standard InChI is InChI=1S/C27H28NO4/c1-2-3-4-5-6-7-12-28-15-22-19(10-11-23-27(22)32-17-29-23)20-9-8-18-13-24-25(31-16-30-24)14-21(18)26(20)28/h8-11,13-15H,2-7,12,16-17H2,1H3/q+1. The van der Waals surface area contributed by atoms with Gasteiger partial charge in [0.05, 0.1) is 16.2 Å². The molecule has 0 bridgehead atoms. The zero-order valence-electron chi connectivity index (χ0n) is 18.5. The Morgan fingerprint density at radius 2 is 1.44 bits per heavy atom. The number of aryl methyl sites for hydroxylation is 1. The number of aromatic nitrogens is 1. The number of benzene rings is 3. The lowest BCUT2D eigenvalue weighted by atomic mass is 9.99. The van der Waals surface area contributed by atoms with Crippen LogP contribution in [0.2, 0.25) is 0 Å². The molecular weight excluding hydrogens is 402 g/mol. The van der Waals surface area contributed by atoms with Crippen molar-refractivity contribution in [3.63, 3.8) is 0 Å². The van der Waals surface area contributed by atoms with Crippen molar-refractivity contribution in [3.8, 4) is 23.0 Å². The highest BCUT2D eigenvalue weighted by molar-refractivity contribution is 6.15. The van der Waals surface area contributed by atoms with Gasteiger partial charge in [-0.05, 0) is 42.1 Å². The van der Waals surface area contributed by atoms with Crippen LogP contribution in [0.25, 0.3) is 32.4 Å². The van der Waals surface area contributed by atoms with E-state index in [-0.39, 0.29) is 13.6 Å². The van der Waals surface area contributed by atoms with Crippen molar-refractivity contribution in [2.45, 2.75) is 52.0 Å². The van der Waals surface area contributed by atoms with Gasteiger partial charge in [0.1, 0.15) is 6.54 Å². The maximum atomic E-state index is 5.86. The van der Waals surface area contributed by atoms with E-state index in [2.05, 4.69) is 48.0 Å². The van der Waals surface area contributed by atoms with Gasteiger partial charge in [0.2, 0.25) is 19.1 Å². The van der Waals surface area contributed by atoms with Gasteiger partial charge in [0.25, 0.3) is 0 Å². The van der Waals surface area contributed by atoms with Crippen molar-refractivity contribution in [3.05, 3.63) is 42.6 Å². The van der Waals surface area contributed by atoms with Gasteiger partial charge in [-0.25, -0.2) is 0 Å². The van der Waals surface area contributed by atoms with Gasteiger partial charge in [-0.3, -0.25) is 0 Å². The first-order chi connectivity index (χ1) is 15.8. The molecule has 2 aliphatic heterocycles.